The Labute approximate surface area is 185 Å². The molecule has 3 rings (SSSR count). The summed E-state index contributed by atoms with van der Waals surface area (Å²) < 4.78 is 0. The fraction of sp³-hybridized carbons (Fsp3) is 0.318. The zero-order valence-electron chi connectivity index (χ0n) is 16.8. The molecule has 1 aliphatic heterocycles. The summed E-state index contributed by atoms with van der Waals surface area (Å²) in [6.45, 7) is 2.19. The van der Waals surface area contributed by atoms with Crippen molar-refractivity contribution in [3.05, 3.63) is 58.1 Å². The number of para-hydroxylation sites is 1. The molecule has 0 spiro atoms. The second-order valence-electron chi connectivity index (χ2n) is 7.26. The monoisotopic (exact) mass is 447 g/mol. The van der Waals surface area contributed by atoms with E-state index in [0.717, 1.165) is 12.1 Å². The number of likely N-dealkylation sites (N-methyl/N-ethyl adjacent to an activating group) is 1. The van der Waals surface area contributed by atoms with Gasteiger partial charge < -0.3 is 15.1 Å². The van der Waals surface area contributed by atoms with E-state index < -0.39 is 11.8 Å². The molecule has 1 saturated heterocycles. The van der Waals surface area contributed by atoms with Crippen LogP contribution in [0, 0.1) is 5.92 Å². The lowest BCUT2D eigenvalue weighted by Crippen LogP contribution is -2.39. The van der Waals surface area contributed by atoms with E-state index in [-0.39, 0.29) is 24.8 Å². The third kappa shape index (κ3) is 4.94. The van der Waals surface area contributed by atoms with Crippen LogP contribution in [0.3, 0.4) is 0 Å². The van der Waals surface area contributed by atoms with Crippen molar-refractivity contribution >= 4 is 52.3 Å². The maximum absolute atomic E-state index is 12.8. The lowest BCUT2D eigenvalue weighted by Gasteiger charge is -2.21. The maximum Gasteiger partial charge on any atom is 0.244 e. The number of hydrogen-bond donors (Lipinski definition) is 1. The first-order valence-electron chi connectivity index (χ1n) is 9.68. The van der Waals surface area contributed by atoms with Crippen LogP contribution in [0.2, 0.25) is 10.0 Å². The summed E-state index contributed by atoms with van der Waals surface area (Å²) in [7, 11) is 1.54. The van der Waals surface area contributed by atoms with Gasteiger partial charge in [-0.3, -0.25) is 14.4 Å². The van der Waals surface area contributed by atoms with Gasteiger partial charge in [0.05, 0.1) is 28.2 Å². The quantitative estimate of drug-likeness (QED) is 0.726. The van der Waals surface area contributed by atoms with Gasteiger partial charge in [0.15, 0.2) is 0 Å². The molecule has 1 N–H and O–H groups in total. The molecular formula is C22H23Cl2N3O3. The summed E-state index contributed by atoms with van der Waals surface area (Å²) in [5.41, 5.74) is 2.27. The second-order valence-corrected chi connectivity index (χ2v) is 8.08. The van der Waals surface area contributed by atoms with Gasteiger partial charge in [0, 0.05) is 25.7 Å². The summed E-state index contributed by atoms with van der Waals surface area (Å²) in [4.78, 5) is 40.6. The number of hydrogen-bond acceptors (Lipinski definition) is 3. The number of aryl methyl sites for hydroxylation is 1. The lowest BCUT2D eigenvalue weighted by atomic mass is 10.1. The molecule has 1 unspecified atom stereocenters. The number of amides is 3. The summed E-state index contributed by atoms with van der Waals surface area (Å²) in [5.74, 6) is -1.27. The molecule has 0 aromatic heterocycles. The van der Waals surface area contributed by atoms with Crippen LogP contribution in [0.4, 0.5) is 11.4 Å². The van der Waals surface area contributed by atoms with Crippen LogP contribution in [0.5, 0.6) is 0 Å². The minimum absolute atomic E-state index is 0.0988. The number of rotatable bonds is 6. The van der Waals surface area contributed by atoms with Crippen molar-refractivity contribution in [2.45, 2.75) is 19.8 Å². The van der Waals surface area contributed by atoms with E-state index in [9.17, 15) is 14.4 Å². The molecule has 2 aromatic carbocycles. The molecule has 8 heteroatoms. The normalized spacial score (nSPS) is 15.9. The van der Waals surface area contributed by atoms with Crippen LogP contribution in [-0.2, 0) is 20.8 Å². The van der Waals surface area contributed by atoms with Gasteiger partial charge in [-0.1, -0.05) is 48.3 Å². The highest BCUT2D eigenvalue weighted by atomic mass is 35.5. The van der Waals surface area contributed by atoms with Crippen molar-refractivity contribution in [2.75, 3.05) is 30.4 Å². The Hall–Kier alpha value is -2.57. The number of nitrogens with zero attached hydrogens (tertiary/aromatic N) is 2. The summed E-state index contributed by atoms with van der Waals surface area (Å²) in [6.07, 6.45) is 1.04. The fourth-order valence-electron chi connectivity index (χ4n) is 3.44. The molecule has 0 aliphatic carbocycles. The van der Waals surface area contributed by atoms with E-state index in [2.05, 4.69) is 12.2 Å². The molecule has 2 aromatic rings. The number of nitrogens with one attached hydrogen (secondary N) is 1. The number of benzene rings is 2. The Morgan fingerprint density at radius 1 is 1.13 bits per heavy atom. The first-order valence-corrected chi connectivity index (χ1v) is 10.4. The highest BCUT2D eigenvalue weighted by molar-refractivity contribution is 6.39. The van der Waals surface area contributed by atoms with Crippen LogP contribution < -0.4 is 10.2 Å². The SMILES string of the molecule is CCc1ccc(N2CC(C(=O)N(C)CC(=O)Nc3c(Cl)cccc3Cl)CC2=O)cc1. The first kappa shape index (κ1) is 22.1. The van der Waals surface area contributed by atoms with Crippen molar-refractivity contribution in [3.63, 3.8) is 0 Å². The average Bonchev–Trinajstić information content (AvgIpc) is 3.11. The molecule has 1 aliphatic rings. The Morgan fingerprint density at radius 3 is 2.37 bits per heavy atom. The third-order valence-corrected chi connectivity index (χ3v) is 5.74. The van der Waals surface area contributed by atoms with Gasteiger partial charge in [-0.05, 0) is 36.2 Å². The van der Waals surface area contributed by atoms with E-state index in [1.807, 2.05) is 24.3 Å². The molecule has 0 radical (unpaired) electrons. The van der Waals surface area contributed by atoms with Gasteiger partial charge in [0.25, 0.3) is 0 Å². The lowest BCUT2D eigenvalue weighted by molar-refractivity contribution is -0.137. The Bertz CT molecular complexity index is 942. The molecule has 30 heavy (non-hydrogen) atoms. The third-order valence-electron chi connectivity index (χ3n) is 5.11. The van der Waals surface area contributed by atoms with E-state index >= 15 is 0 Å². The molecule has 1 heterocycles. The largest absolute Gasteiger partial charge is 0.336 e. The smallest absolute Gasteiger partial charge is 0.244 e. The van der Waals surface area contributed by atoms with Crippen LogP contribution in [-0.4, -0.2) is 42.8 Å². The predicted octanol–water partition coefficient (Wildman–Crippen LogP) is 4.01. The number of anilines is 2. The summed E-state index contributed by atoms with van der Waals surface area (Å²) in [6, 6.07) is 12.7. The fourth-order valence-corrected chi connectivity index (χ4v) is 3.93. The van der Waals surface area contributed by atoms with Crippen LogP contribution in [0.25, 0.3) is 0 Å². The molecule has 3 amide bonds. The Balaban J connectivity index is 1.60. The molecule has 0 bridgehead atoms. The van der Waals surface area contributed by atoms with Gasteiger partial charge >= 0.3 is 0 Å². The van der Waals surface area contributed by atoms with E-state index in [4.69, 9.17) is 23.2 Å². The predicted molar refractivity (Wildman–Crippen MR) is 119 cm³/mol. The van der Waals surface area contributed by atoms with Gasteiger partial charge in [-0.2, -0.15) is 0 Å². The van der Waals surface area contributed by atoms with Crippen molar-refractivity contribution in [1.29, 1.82) is 0 Å². The maximum atomic E-state index is 12.8. The topological polar surface area (TPSA) is 69.7 Å². The Morgan fingerprint density at radius 2 is 1.77 bits per heavy atom. The minimum Gasteiger partial charge on any atom is -0.336 e. The second kappa shape index (κ2) is 9.49. The van der Waals surface area contributed by atoms with Crippen LogP contribution in [0.1, 0.15) is 18.9 Å². The van der Waals surface area contributed by atoms with E-state index in [0.29, 0.717) is 22.3 Å². The molecule has 158 valence electrons. The zero-order valence-corrected chi connectivity index (χ0v) is 18.3. The molecule has 0 saturated carbocycles. The van der Waals surface area contributed by atoms with Crippen LogP contribution >= 0.6 is 23.2 Å². The van der Waals surface area contributed by atoms with Crippen molar-refractivity contribution < 1.29 is 14.4 Å². The zero-order chi connectivity index (χ0) is 21.8. The van der Waals surface area contributed by atoms with Gasteiger partial charge in [0.1, 0.15) is 0 Å². The van der Waals surface area contributed by atoms with Crippen LogP contribution in [0.15, 0.2) is 42.5 Å². The highest BCUT2D eigenvalue weighted by Crippen LogP contribution is 2.30. The molecule has 1 atom stereocenters. The number of halogens is 2. The van der Waals surface area contributed by atoms with Crippen molar-refractivity contribution in [2.24, 2.45) is 5.92 Å². The summed E-state index contributed by atoms with van der Waals surface area (Å²) in [5, 5.41) is 3.27. The molecule has 6 nitrogen and oxygen atoms in total. The van der Waals surface area contributed by atoms with E-state index in [1.165, 1.54) is 10.5 Å². The number of carbonyl (C=O) groups excluding carboxylic acids is 3. The molecular weight excluding hydrogens is 425 g/mol. The van der Waals surface area contributed by atoms with Crippen molar-refractivity contribution in [3.8, 4) is 0 Å². The molecule has 1 fully saturated rings. The average molecular weight is 448 g/mol. The van der Waals surface area contributed by atoms with Gasteiger partial charge in [-0.25, -0.2) is 0 Å². The number of carbonyl (C=O) groups is 3. The highest BCUT2D eigenvalue weighted by Gasteiger charge is 2.36. The first-order chi connectivity index (χ1) is 14.3. The van der Waals surface area contributed by atoms with E-state index in [1.54, 1.807) is 30.1 Å². The minimum atomic E-state index is -0.495. The standard InChI is InChI=1S/C22H23Cl2N3O3/c1-3-14-7-9-16(10-8-14)27-12-15(11-20(27)29)22(30)26(2)13-19(28)25-21-17(23)5-4-6-18(21)24/h4-10,15H,3,11-13H2,1-2H3,(H,25,28). The van der Waals surface area contributed by atoms with Crippen molar-refractivity contribution in [1.82, 2.24) is 4.90 Å². The van der Waals surface area contributed by atoms with Gasteiger partial charge in [0.2, 0.25) is 17.7 Å². The van der Waals surface area contributed by atoms with Gasteiger partial charge in [-0.15, -0.1) is 0 Å². The Kier molecular flexibility index (Phi) is 7.00. The summed E-state index contributed by atoms with van der Waals surface area (Å²) >= 11 is 12.1.